The largest absolute Gasteiger partial charge is 0.469 e. The highest BCUT2D eigenvalue weighted by molar-refractivity contribution is 5.84. The molecule has 2 unspecified atom stereocenters. The Morgan fingerprint density at radius 3 is 2.80 bits per heavy atom. The van der Waals surface area contributed by atoms with Gasteiger partial charge in [-0.1, -0.05) is 6.92 Å². The number of hydrogen-bond donors (Lipinski definition) is 1. The minimum Gasteiger partial charge on any atom is -0.469 e. The van der Waals surface area contributed by atoms with E-state index in [0.29, 0.717) is 6.42 Å². The molecule has 0 aliphatic carbocycles. The highest BCUT2D eigenvalue weighted by Gasteiger charge is 2.44. The second kappa shape index (κ2) is 6.57. The van der Waals surface area contributed by atoms with Crippen molar-refractivity contribution in [1.82, 2.24) is 10.2 Å². The Hall–Kier alpha value is -1.10. The van der Waals surface area contributed by atoms with Crippen LogP contribution in [0.25, 0.3) is 0 Å². The lowest BCUT2D eigenvalue weighted by Crippen LogP contribution is -2.52. The van der Waals surface area contributed by atoms with Crippen molar-refractivity contribution in [3.8, 4) is 0 Å². The summed E-state index contributed by atoms with van der Waals surface area (Å²) in [5.74, 6) is 0.0170. The molecule has 2 aliphatic rings. The van der Waals surface area contributed by atoms with E-state index in [1.54, 1.807) is 0 Å². The number of nitrogens with one attached hydrogen (secondary N) is 1. The Labute approximate surface area is 121 Å². The molecule has 2 aliphatic heterocycles. The molecular formula is C15H26N2O3. The van der Waals surface area contributed by atoms with Gasteiger partial charge >= 0.3 is 5.97 Å². The van der Waals surface area contributed by atoms with Crippen LogP contribution in [0.15, 0.2) is 0 Å². The molecule has 0 saturated carbocycles. The summed E-state index contributed by atoms with van der Waals surface area (Å²) in [5, 5.41) is 3.31. The van der Waals surface area contributed by atoms with Gasteiger partial charge in [0.1, 0.15) is 0 Å². The van der Waals surface area contributed by atoms with E-state index in [0.717, 1.165) is 51.7 Å². The molecule has 0 bridgehead atoms. The van der Waals surface area contributed by atoms with E-state index in [4.69, 9.17) is 4.74 Å². The van der Waals surface area contributed by atoms with Crippen LogP contribution in [0.3, 0.4) is 0 Å². The Kier molecular flexibility index (Phi) is 5.02. The van der Waals surface area contributed by atoms with Gasteiger partial charge in [0.25, 0.3) is 0 Å². The number of likely N-dealkylation sites (tertiary alicyclic amines) is 1. The zero-order valence-corrected chi connectivity index (χ0v) is 12.6. The van der Waals surface area contributed by atoms with Crippen LogP contribution in [0.4, 0.5) is 0 Å². The van der Waals surface area contributed by atoms with E-state index in [9.17, 15) is 9.59 Å². The van der Waals surface area contributed by atoms with Crippen LogP contribution in [0.1, 0.15) is 45.4 Å². The van der Waals surface area contributed by atoms with Crippen molar-refractivity contribution in [3.63, 3.8) is 0 Å². The first-order valence-electron chi connectivity index (χ1n) is 7.71. The average Bonchev–Trinajstić information content (AvgIpc) is 2.97. The Morgan fingerprint density at radius 2 is 2.20 bits per heavy atom. The summed E-state index contributed by atoms with van der Waals surface area (Å²) in [4.78, 5) is 26.5. The number of esters is 1. The first-order valence-corrected chi connectivity index (χ1v) is 7.71. The summed E-state index contributed by atoms with van der Waals surface area (Å²) >= 11 is 0. The standard InChI is InChI=1S/C15H26N2O3/c1-3-15(7-8-16-11-15)14(19)17-9-5-4-6-12(17)10-13(18)20-2/h12,16H,3-11H2,1-2H3. The first-order chi connectivity index (χ1) is 9.63. The zero-order valence-electron chi connectivity index (χ0n) is 12.6. The van der Waals surface area contributed by atoms with E-state index in [2.05, 4.69) is 12.2 Å². The van der Waals surface area contributed by atoms with Gasteiger partial charge in [-0.25, -0.2) is 0 Å². The molecule has 2 rings (SSSR count). The number of nitrogens with zero attached hydrogens (tertiary/aromatic N) is 1. The molecule has 0 aromatic rings. The molecule has 2 heterocycles. The van der Waals surface area contributed by atoms with E-state index in [1.807, 2.05) is 4.90 Å². The third-order valence-electron chi connectivity index (χ3n) is 4.89. The van der Waals surface area contributed by atoms with Gasteiger partial charge in [0, 0.05) is 19.1 Å². The van der Waals surface area contributed by atoms with Crippen LogP contribution in [0, 0.1) is 5.41 Å². The molecule has 0 radical (unpaired) electrons. The van der Waals surface area contributed by atoms with Crippen molar-refractivity contribution in [2.75, 3.05) is 26.7 Å². The molecule has 2 saturated heterocycles. The minimum absolute atomic E-state index is 0.0210. The van der Waals surface area contributed by atoms with Gasteiger partial charge in [-0.05, 0) is 38.6 Å². The summed E-state index contributed by atoms with van der Waals surface area (Å²) < 4.78 is 4.77. The number of rotatable bonds is 4. The number of hydrogen-bond acceptors (Lipinski definition) is 4. The topological polar surface area (TPSA) is 58.6 Å². The fourth-order valence-electron chi connectivity index (χ4n) is 3.44. The fraction of sp³-hybridized carbons (Fsp3) is 0.867. The van der Waals surface area contributed by atoms with Crippen LogP contribution in [-0.2, 0) is 14.3 Å². The third kappa shape index (κ3) is 2.97. The van der Waals surface area contributed by atoms with Gasteiger partial charge in [-0.2, -0.15) is 0 Å². The van der Waals surface area contributed by atoms with Gasteiger partial charge in [0.15, 0.2) is 0 Å². The summed E-state index contributed by atoms with van der Waals surface area (Å²) in [6.45, 7) is 4.55. The number of piperidine rings is 1. The van der Waals surface area contributed by atoms with E-state index in [-0.39, 0.29) is 23.3 Å². The van der Waals surface area contributed by atoms with Gasteiger partial charge < -0.3 is 15.0 Å². The van der Waals surface area contributed by atoms with Gasteiger partial charge in [-0.15, -0.1) is 0 Å². The summed E-state index contributed by atoms with van der Waals surface area (Å²) in [5.41, 5.74) is -0.258. The molecule has 2 atom stereocenters. The zero-order chi connectivity index (χ0) is 14.6. The number of ether oxygens (including phenoxy) is 1. The quantitative estimate of drug-likeness (QED) is 0.790. The lowest BCUT2D eigenvalue weighted by atomic mass is 9.81. The monoisotopic (exact) mass is 282 g/mol. The first kappa shape index (κ1) is 15.3. The van der Waals surface area contributed by atoms with Crippen molar-refractivity contribution in [2.45, 2.75) is 51.5 Å². The molecular weight excluding hydrogens is 256 g/mol. The molecule has 5 heteroatoms. The van der Waals surface area contributed by atoms with E-state index in [1.165, 1.54) is 7.11 Å². The van der Waals surface area contributed by atoms with Gasteiger partial charge in [-0.3, -0.25) is 9.59 Å². The Morgan fingerprint density at radius 1 is 1.40 bits per heavy atom. The molecule has 0 aromatic carbocycles. The van der Waals surface area contributed by atoms with Gasteiger partial charge in [0.05, 0.1) is 18.9 Å². The van der Waals surface area contributed by atoms with Crippen molar-refractivity contribution < 1.29 is 14.3 Å². The molecule has 114 valence electrons. The molecule has 5 nitrogen and oxygen atoms in total. The third-order valence-corrected chi connectivity index (χ3v) is 4.89. The van der Waals surface area contributed by atoms with Crippen molar-refractivity contribution in [3.05, 3.63) is 0 Å². The van der Waals surface area contributed by atoms with E-state index < -0.39 is 0 Å². The Bertz CT molecular complexity index is 364. The summed E-state index contributed by atoms with van der Waals surface area (Å²) in [6.07, 6.45) is 5.13. The maximum atomic E-state index is 13.0. The molecule has 2 fully saturated rings. The number of carbonyl (C=O) groups excluding carboxylic acids is 2. The van der Waals surface area contributed by atoms with Crippen LogP contribution in [-0.4, -0.2) is 49.6 Å². The predicted molar refractivity (Wildman–Crippen MR) is 76.2 cm³/mol. The minimum atomic E-state index is -0.258. The fourth-order valence-corrected chi connectivity index (χ4v) is 3.44. The lowest BCUT2D eigenvalue weighted by molar-refractivity contribution is -0.149. The molecule has 0 spiro atoms. The molecule has 0 aromatic heterocycles. The molecule has 20 heavy (non-hydrogen) atoms. The van der Waals surface area contributed by atoms with Crippen LogP contribution >= 0.6 is 0 Å². The van der Waals surface area contributed by atoms with Crippen LogP contribution in [0.5, 0.6) is 0 Å². The SMILES string of the molecule is CCC1(C(=O)N2CCCCC2CC(=O)OC)CCNC1. The molecule has 1 amide bonds. The average molecular weight is 282 g/mol. The van der Waals surface area contributed by atoms with Crippen LogP contribution in [0.2, 0.25) is 0 Å². The highest BCUT2D eigenvalue weighted by Crippen LogP contribution is 2.34. The number of methoxy groups -OCH3 is 1. The van der Waals surface area contributed by atoms with Gasteiger partial charge in [0.2, 0.25) is 5.91 Å². The molecule has 1 N–H and O–H groups in total. The summed E-state index contributed by atoms with van der Waals surface area (Å²) in [7, 11) is 1.41. The number of carbonyl (C=O) groups is 2. The maximum Gasteiger partial charge on any atom is 0.307 e. The predicted octanol–water partition coefficient (Wildman–Crippen LogP) is 1.32. The normalized spacial score (nSPS) is 30.3. The second-order valence-corrected chi connectivity index (χ2v) is 5.99. The smallest absolute Gasteiger partial charge is 0.307 e. The second-order valence-electron chi connectivity index (χ2n) is 5.99. The van der Waals surface area contributed by atoms with Crippen molar-refractivity contribution >= 4 is 11.9 Å². The lowest BCUT2D eigenvalue weighted by Gasteiger charge is -2.40. The number of amides is 1. The van der Waals surface area contributed by atoms with Crippen molar-refractivity contribution in [1.29, 1.82) is 0 Å². The summed E-state index contributed by atoms with van der Waals surface area (Å²) in [6, 6.07) is 0.0210. The van der Waals surface area contributed by atoms with E-state index >= 15 is 0 Å². The Balaban J connectivity index is 2.10. The van der Waals surface area contributed by atoms with Crippen molar-refractivity contribution in [2.24, 2.45) is 5.41 Å². The van der Waals surface area contributed by atoms with Crippen LogP contribution < -0.4 is 5.32 Å². The maximum absolute atomic E-state index is 13.0. The highest BCUT2D eigenvalue weighted by atomic mass is 16.5.